The van der Waals surface area contributed by atoms with Crippen LogP contribution in [-0.4, -0.2) is 8.42 Å². The lowest BCUT2D eigenvalue weighted by Crippen LogP contribution is -2.14. The Labute approximate surface area is 141 Å². The summed E-state index contributed by atoms with van der Waals surface area (Å²) in [6, 6.07) is 9.25. The average Bonchev–Trinajstić information content (AvgIpc) is 2.43. The predicted molar refractivity (Wildman–Crippen MR) is 89.3 cm³/mol. The molecule has 4 nitrogen and oxygen atoms in total. The predicted octanol–water partition coefficient (Wildman–Crippen LogP) is 4.02. The summed E-state index contributed by atoms with van der Waals surface area (Å²) in [5.41, 5.74) is 6.38. The third kappa shape index (κ3) is 3.90. The van der Waals surface area contributed by atoms with Gasteiger partial charge < -0.3 is 5.73 Å². The Bertz CT molecular complexity index is 782. The van der Waals surface area contributed by atoms with Gasteiger partial charge in [-0.3, -0.25) is 4.72 Å². The van der Waals surface area contributed by atoms with Gasteiger partial charge in [0.1, 0.15) is 0 Å². The largest absolute Gasteiger partial charge is 0.326 e. The van der Waals surface area contributed by atoms with Gasteiger partial charge in [-0.1, -0.05) is 39.1 Å². The molecule has 112 valence electrons. The van der Waals surface area contributed by atoms with E-state index in [0.29, 0.717) is 20.1 Å². The average molecular weight is 410 g/mol. The number of benzene rings is 2. The fraction of sp³-hybridized carbons (Fsp3) is 0.0769. The maximum atomic E-state index is 12.4. The fourth-order valence-electron chi connectivity index (χ4n) is 1.65. The molecule has 2 aromatic carbocycles. The molecule has 0 saturated heterocycles. The molecule has 0 atom stereocenters. The van der Waals surface area contributed by atoms with Gasteiger partial charge in [0.05, 0.1) is 15.6 Å². The minimum absolute atomic E-state index is 0.0726. The molecule has 21 heavy (non-hydrogen) atoms. The molecular weight excluding hydrogens is 399 g/mol. The number of rotatable bonds is 4. The number of sulfonamides is 1. The zero-order valence-electron chi connectivity index (χ0n) is 10.6. The first kappa shape index (κ1) is 16.6. The van der Waals surface area contributed by atoms with Crippen LogP contribution in [0.3, 0.4) is 0 Å². The Kier molecular flexibility index (Phi) is 5.16. The highest BCUT2D eigenvalue weighted by Gasteiger charge is 2.17. The zero-order chi connectivity index (χ0) is 15.6. The van der Waals surface area contributed by atoms with Crippen LogP contribution in [0.4, 0.5) is 5.69 Å². The topological polar surface area (TPSA) is 72.2 Å². The van der Waals surface area contributed by atoms with Crippen molar-refractivity contribution < 1.29 is 8.42 Å². The van der Waals surface area contributed by atoms with Crippen LogP contribution in [0.1, 0.15) is 5.56 Å². The van der Waals surface area contributed by atoms with Gasteiger partial charge in [0, 0.05) is 16.0 Å². The van der Waals surface area contributed by atoms with Gasteiger partial charge >= 0.3 is 0 Å². The van der Waals surface area contributed by atoms with Crippen LogP contribution in [0.25, 0.3) is 0 Å². The van der Waals surface area contributed by atoms with E-state index in [1.807, 2.05) is 0 Å². The van der Waals surface area contributed by atoms with Crippen LogP contribution in [0.2, 0.25) is 10.0 Å². The number of halogens is 3. The van der Waals surface area contributed by atoms with E-state index in [1.165, 1.54) is 18.2 Å². The normalized spacial score (nSPS) is 11.4. The molecule has 0 aliphatic heterocycles. The molecule has 0 fully saturated rings. The van der Waals surface area contributed by atoms with Crippen LogP contribution < -0.4 is 10.5 Å². The molecule has 0 aromatic heterocycles. The lowest BCUT2D eigenvalue weighted by Gasteiger charge is -2.11. The van der Waals surface area contributed by atoms with Crippen LogP contribution in [-0.2, 0) is 16.6 Å². The lowest BCUT2D eigenvalue weighted by atomic mass is 10.2. The zero-order valence-corrected chi connectivity index (χ0v) is 14.5. The van der Waals surface area contributed by atoms with Crippen molar-refractivity contribution in [3.05, 3.63) is 56.5 Å². The van der Waals surface area contributed by atoms with Crippen molar-refractivity contribution >= 4 is 54.8 Å². The van der Waals surface area contributed by atoms with Gasteiger partial charge in [-0.15, -0.1) is 0 Å². The number of nitrogens with two attached hydrogens (primary N) is 1. The molecule has 0 heterocycles. The standard InChI is InChI=1S/C13H11BrCl2N2O2S/c14-9-1-3-12(16)13(6-9)18-21(19,20)10-2-4-11(15)8(5-10)7-17/h1-6,18H,7,17H2. The Balaban J connectivity index is 2.41. The number of hydrogen-bond acceptors (Lipinski definition) is 3. The first-order valence-corrected chi connectivity index (χ1v) is 8.83. The molecular formula is C13H11BrCl2N2O2S. The summed E-state index contributed by atoms with van der Waals surface area (Å²) in [7, 11) is -3.77. The van der Waals surface area contributed by atoms with Gasteiger partial charge in [-0.05, 0) is 42.0 Å². The van der Waals surface area contributed by atoms with E-state index in [1.54, 1.807) is 18.2 Å². The number of anilines is 1. The van der Waals surface area contributed by atoms with Crippen molar-refractivity contribution in [1.29, 1.82) is 0 Å². The third-order valence-corrected chi connectivity index (χ3v) is 5.27. The van der Waals surface area contributed by atoms with Crippen molar-refractivity contribution in [2.24, 2.45) is 5.73 Å². The van der Waals surface area contributed by atoms with Crippen molar-refractivity contribution in [1.82, 2.24) is 0 Å². The van der Waals surface area contributed by atoms with E-state index in [4.69, 9.17) is 28.9 Å². The second-order valence-electron chi connectivity index (χ2n) is 4.19. The first-order valence-electron chi connectivity index (χ1n) is 5.80. The second-order valence-corrected chi connectivity index (χ2v) is 7.60. The summed E-state index contributed by atoms with van der Waals surface area (Å²) in [5.74, 6) is 0. The molecule has 0 amide bonds. The molecule has 2 aromatic rings. The summed E-state index contributed by atoms with van der Waals surface area (Å²) >= 11 is 15.2. The summed E-state index contributed by atoms with van der Waals surface area (Å²) < 4.78 is 27.9. The van der Waals surface area contributed by atoms with Crippen LogP contribution in [0.5, 0.6) is 0 Å². The molecule has 0 saturated carbocycles. The minimum Gasteiger partial charge on any atom is -0.326 e. The maximum Gasteiger partial charge on any atom is 0.261 e. The highest BCUT2D eigenvalue weighted by molar-refractivity contribution is 9.10. The van der Waals surface area contributed by atoms with Gasteiger partial charge in [-0.25, -0.2) is 8.42 Å². The fourth-order valence-corrected chi connectivity index (χ4v) is 3.55. The van der Waals surface area contributed by atoms with Gasteiger partial charge in [0.2, 0.25) is 0 Å². The maximum absolute atomic E-state index is 12.4. The van der Waals surface area contributed by atoms with Gasteiger partial charge in [0.15, 0.2) is 0 Å². The number of hydrogen-bond donors (Lipinski definition) is 2. The van der Waals surface area contributed by atoms with E-state index < -0.39 is 10.0 Å². The summed E-state index contributed by atoms with van der Waals surface area (Å²) in [4.78, 5) is 0.0726. The quantitative estimate of drug-likeness (QED) is 0.800. The van der Waals surface area contributed by atoms with Crippen molar-refractivity contribution in [3.63, 3.8) is 0 Å². The lowest BCUT2D eigenvalue weighted by molar-refractivity contribution is 0.601. The Morgan fingerprint density at radius 3 is 2.43 bits per heavy atom. The summed E-state index contributed by atoms with van der Waals surface area (Å²) in [6.45, 7) is 0.153. The molecule has 3 N–H and O–H groups in total. The Hall–Kier alpha value is -0.790. The minimum atomic E-state index is -3.77. The summed E-state index contributed by atoms with van der Waals surface area (Å²) in [5, 5.41) is 0.728. The van der Waals surface area contributed by atoms with E-state index in [0.717, 1.165) is 0 Å². The van der Waals surface area contributed by atoms with Crippen molar-refractivity contribution in [2.45, 2.75) is 11.4 Å². The Morgan fingerprint density at radius 2 is 1.76 bits per heavy atom. The highest BCUT2D eigenvalue weighted by atomic mass is 79.9. The van der Waals surface area contributed by atoms with E-state index in [2.05, 4.69) is 20.7 Å². The van der Waals surface area contributed by atoms with E-state index >= 15 is 0 Å². The molecule has 0 spiro atoms. The van der Waals surface area contributed by atoms with Crippen LogP contribution in [0, 0.1) is 0 Å². The molecule has 0 aliphatic rings. The van der Waals surface area contributed by atoms with Crippen LogP contribution >= 0.6 is 39.1 Å². The van der Waals surface area contributed by atoms with Gasteiger partial charge in [0.25, 0.3) is 10.0 Å². The molecule has 0 radical (unpaired) electrons. The van der Waals surface area contributed by atoms with E-state index in [-0.39, 0.29) is 17.1 Å². The van der Waals surface area contributed by atoms with E-state index in [9.17, 15) is 8.42 Å². The second kappa shape index (κ2) is 6.54. The van der Waals surface area contributed by atoms with Crippen LogP contribution in [0.15, 0.2) is 45.8 Å². The monoisotopic (exact) mass is 408 g/mol. The molecule has 2 rings (SSSR count). The molecule has 8 heteroatoms. The summed E-state index contributed by atoms with van der Waals surface area (Å²) in [6.07, 6.45) is 0. The highest BCUT2D eigenvalue weighted by Crippen LogP contribution is 2.28. The Morgan fingerprint density at radius 1 is 1.10 bits per heavy atom. The van der Waals surface area contributed by atoms with Gasteiger partial charge in [-0.2, -0.15) is 0 Å². The molecule has 0 bridgehead atoms. The van der Waals surface area contributed by atoms with Crippen molar-refractivity contribution in [2.75, 3.05) is 4.72 Å². The third-order valence-electron chi connectivity index (χ3n) is 2.72. The molecule has 0 aliphatic carbocycles. The number of nitrogens with one attached hydrogen (secondary N) is 1. The SMILES string of the molecule is NCc1cc(S(=O)(=O)Nc2cc(Br)ccc2Cl)ccc1Cl. The van der Waals surface area contributed by atoms with Crippen molar-refractivity contribution in [3.8, 4) is 0 Å². The molecule has 0 unspecified atom stereocenters. The smallest absolute Gasteiger partial charge is 0.261 e. The first-order chi connectivity index (χ1) is 9.83.